The van der Waals surface area contributed by atoms with Gasteiger partial charge in [-0.1, -0.05) is 36.4 Å². The Kier molecular flexibility index (Phi) is 3.76. The second kappa shape index (κ2) is 5.69. The number of hydrogen-bond acceptors (Lipinski definition) is 3. The summed E-state index contributed by atoms with van der Waals surface area (Å²) in [4.78, 5) is 12.3. The molecule has 1 unspecified atom stereocenters. The lowest BCUT2D eigenvalue weighted by atomic mass is 10.1. The quantitative estimate of drug-likeness (QED) is 0.847. The van der Waals surface area contributed by atoms with E-state index in [-0.39, 0.29) is 0 Å². The molecule has 1 aliphatic heterocycles. The summed E-state index contributed by atoms with van der Waals surface area (Å²) in [6, 6.07) is 15.8. The fraction of sp³-hybridized carbons (Fsp3) is 0.188. The Bertz CT molecular complexity index is 628. The molecule has 0 bridgehead atoms. The number of hydrogen-bond donors (Lipinski definition) is 2. The number of carbonyl (C=O) groups is 1. The Morgan fingerprint density at radius 2 is 2.05 bits per heavy atom. The maximum atomic E-state index is 11.1. The first-order valence-corrected chi connectivity index (χ1v) is 7.48. The van der Waals surface area contributed by atoms with Gasteiger partial charge in [0.25, 0.3) is 0 Å². The topological polar surface area (TPSA) is 49.3 Å². The zero-order chi connectivity index (χ0) is 13.9. The van der Waals surface area contributed by atoms with Crippen LogP contribution in [0.5, 0.6) is 0 Å². The van der Waals surface area contributed by atoms with Crippen LogP contribution in [0.4, 0.5) is 0 Å². The average molecular weight is 285 g/mol. The van der Waals surface area contributed by atoms with E-state index >= 15 is 0 Å². The molecule has 0 saturated carbocycles. The van der Waals surface area contributed by atoms with Gasteiger partial charge in [-0.05, 0) is 28.8 Å². The number of rotatable bonds is 4. The number of aliphatic carboxylic acids is 1. The van der Waals surface area contributed by atoms with Crippen LogP contribution in [-0.4, -0.2) is 11.1 Å². The third kappa shape index (κ3) is 2.71. The predicted octanol–water partition coefficient (Wildman–Crippen LogP) is 3.21. The van der Waals surface area contributed by atoms with Crippen molar-refractivity contribution in [2.24, 2.45) is 0 Å². The van der Waals surface area contributed by atoms with Gasteiger partial charge >= 0.3 is 5.97 Å². The summed E-state index contributed by atoms with van der Waals surface area (Å²) in [5.41, 5.74) is 3.27. The van der Waals surface area contributed by atoms with Crippen molar-refractivity contribution in [3.63, 3.8) is 0 Å². The molecule has 0 saturated heterocycles. The van der Waals surface area contributed by atoms with Gasteiger partial charge in [0.05, 0.1) is 0 Å². The van der Waals surface area contributed by atoms with Crippen LogP contribution in [0.2, 0.25) is 0 Å². The highest BCUT2D eigenvalue weighted by molar-refractivity contribution is 7.98. The predicted molar refractivity (Wildman–Crippen MR) is 79.7 cm³/mol. The van der Waals surface area contributed by atoms with Gasteiger partial charge in [0.15, 0.2) is 0 Å². The molecule has 102 valence electrons. The van der Waals surface area contributed by atoms with Gasteiger partial charge in [0, 0.05) is 17.2 Å². The van der Waals surface area contributed by atoms with E-state index in [1.54, 1.807) is 11.8 Å². The molecule has 1 atom stereocenters. The van der Waals surface area contributed by atoms with Crippen LogP contribution in [0, 0.1) is 0 Å². The van der Waals surface area contributed by atoms with Crippen molar-refractivity contribution in [3.8, 4) is 0 Å². The minimum Gasteiger partial charge on any atom is -0.480 e. The van der Waals surface area contributed by atoms with Crippen molar-refractivity contribution in [3.05, 3.63) is 65.2 Å². The number of nitrogens with one attached hydrogen (secondary N) is 1. The minimum absolute atomic E-state index is 0.557. The van der Waals surface area contributed by atoms with Crippen molar-refractivity contribution >= 4 is 17.7 Å². The standard InChI is InChI=1S/C16H15NO2S/c18-16(19)15-14-7-6-13(8-12(14)9-17-15)20-10-11-4-2-1-3-5-11/h1-8,15,17H,9-10H2,(H,18,19). The highest BCUT2D eigenvalue weighted by Gasteiger charge is 2.27. The largest absolute Gasteiger partial charge is 0.480 e. The zero-order valence-corrected chi connectivity index (χ0v) is 11.7. The molecule has 2 aromatic carbocycles. The van der Waals surface area contributed by atoms with Gasteiger partial charge in [-0.25, -0.2) is 0 Å². The fourth-order valence-electron chi connectivity index (χ4n) is 2.39. The number of thioether (sulfide) groups is 1. The van der Waals surface area contributed by atoms with E-state index in [0.29, 0.717) is 6.54 Å². The summed E-state index contributed by atoms with van der Waals surface area (Å²) in [5.74, 6) is 0.114. The lowest BCUT2D eigenvalue weighted by molar-refractivity contribution is -0.139. The first-order valence-electron chi connectivity index (χ1n) is 6.50. The van der Waals surface area contributed by atoms with E-state index in [4.69, 9.17) is 5.11 Å². The molecule has 2 aromatic rings. The maximum Gasteiger partial charge on any atom is 0.325 e. The van der Waals surface area contributed by atoms with Gasteiger partial charge < -0.3 is 5.11 Å². The van der Waals surface area contributed by atoms with Gasteiger partial charge in [-0.3, -0.25) is 10.1 Å². The summed E-state index contributed by atoms with van der Waals surface area (Å²) in [6.07, 6.45) is 0. The average Bonchev–Trinajstić information content (AvgIpc) is 2.89. The summed E-state index contributed by atoms with van der Waals surface area (Å²) >= 11 is 1.77. The van der Waals surface area contributed by atoms with E-state index in [9.17, 15) is 4.79 Å². The third-order valence-corrected chi connectivity index (χ3v) is 4.48. The van der Waals surface area contributed by atoms with Crippen LogP contribution in [0.3, 0.4) is 0 Å². The lowest BCUT2D eigenvalue weighted by Gasteiger charge is -2.07. The van der Waals surface area contributed by atoms with Crippen molar-refractivity contribution in [2.45, 2.75) is 23.2 Å². The minimum atomic E-state index is -0.812. The number of carboxylic acid groups (broad SMARTS) is 1. The number of carboxylic acids is 1. The summed E-state index contributed by atoms with van der Waals surface area (Å²) in [7, 11) is 0. The summed E-state index contributed by atoms with van der Waals surface area (Å²) in [5, 5.41) is 12.1. The molecule has 1 heterocycles. The Morgan fingerprint density at radius 3 is 2.80 bits per heavy atom. The molecule has 0 spiro atoms. The number of benzene rings is 2. The van der Waals surface area contributed by atoms with E-state index in [0.717, 1.165) is 16.9 Å². The number of fused-ring (bicyclic) bond motifs is 1. The highest BCUT2D eigenvalue weighted by atomic mass is 32.2. The van der Waals surface area contributed by atoms with Crippen molar-refractivity contribution in [2.75, 3.05) is 0 Å². The molecular formula is C16H15NO2S. The van der Waals surface area contributed by atoms with Crippen molar-refractivity contribution in [1.82, 2.24) is 5.32 Å². The first-order chi connectivity index (χ1) is 9.74. The fourth-order valence-corrected chi connectivity index (χ4v) is 3.31. The highest BCUT2D eigenvalue weighted by Crippen LogP contribution is 2.31. The SMILES string of the molecule is O=C(O)C1NCc2cc(SCc3ccccc3)ccc21. The molecular weight excluding hydrogens is 270 g/mol. The lowest BCUT2D eigenvalue weighted by Crippen LogP contribution is -2.21. The van der Waals surface area contributed by atoms with Gasteiger partial charge in [-0.15, -0.1) is 11.8 Å². The smallest absolute Gasteiger partial charge is 0.325 e. The van der Waals surface area contributed by atoms with Crippen LogP contribution < -0.4 is 5.32 Å². The molecule has 20 heavy (non-hydrogen) atoms. The van der Waals surface area contributed by atoms with Crippen LogP contribution in [0.25, 0.3) is 0 Å². The molecule has 2 N–H and O–H groups in total. The summed E-state index contributed by atoms with van der Waals surface area (Å²) in [6.45, 7) is 0.631. The van der Waals surface area contributed by atoms with Crippen LogP contribution in [0.1, 0.15) is 22.7 Å². The Labute approximate surface area is 122 Å². The Hall–Kier alpha value is -1.78. The Morgan fingerprint density at radius 1 is 1.25 bits per heavy atom. The first kappa shape index (κ1) is 13.2. The van der Waals surface area contributed by atoms with Crippen LogP contribution in [-0.2, 0) is 17.1 Å². The molecule has 4 heteroatoms. The molecule has 0 aliphatic carbocycles. The summed E-state index contributed by atoms with van der Waals surface area (Å²) < 4.78 is 0. The van der Waals surface area contributed by atoms with Gasteiger partial charge in [0.1, 0.15) is 6.04 Å². The molecule has 0 fully saturated rings. The van der Waals surface area contributed by atoms with E-state index in [2.05, 4.69) is 23.5 Å². The van der Waals surface area contributed by atoms with Crippen LogP contribution in [0.15, 0.2) is 53.4 Å². The second-order valence-corrected chi connectivity index (χ2v) is 5.84. The zero-order valence-electron chi connectivity index (χ0n) is 10.9. The molecule has 3 nitrogen and oxygen atoms in total. The van der Waals surface area contributed by atoms with Gasteiger partial charge in [0.2, 0.25) is 0 Å². The normalized spacial score (nSPS) is 16.9. The molecule has 3 rings (SSSR count). The molecule has 0 radical (unpaired) electrons. The van der Waals surface area contributed by atoms with Crippen LogP contribution >= 0.6 is 11.8 Å². The maximum absolute atomic E-state index is 11.1. The molecule has 0 aromatic heterocycles. The monoisotopic (exact) mass is 285 g/mol. The molecule has 0 amide bonds. The van der Waals surface area contributed by atoms with E-state index < -0.39 is 12.0 Å². The second-order valence-electron chi connectivity index (χ2n) is 4.79. The van der Waals surface area contributed by atoms with Crippen molar-refractivity contribution < 1.29 is 9.90 Å². The Balaban J connectivity index is 1.72. The van der Waals surface area contributed by atoms with Crippen molar-refractivity contribution in [1.29, 1.82) is 0 Å². The third-order valence-electron chi connectivity index (χ3n) is 3.42. The van der Waals surface area contributed by atoms with E-state index in [1.807, 2.05) is 30.3 Å². The molecule has 1 aliphatic rings. The van der Waals surface area contributed by atoms with E-state index in [1.165, 1.54) is 10.5 Å². The van der Waals surface area contributed by atoms with Gasteiger partial charge in [-0.2, -0.15) is 0 Å².